The van der Waals surface area contributed by atoms with Gasteiger partial charge in [-0.1, -0.05) is 29.4 Å². The number of benzene rings is 1. The van der Waals surface area contributed by atoms with Crippen LogP contribution in [0, 0.1) is 6.92 Å². The largest absolute Gasteiger partial charge is 0.507 e. The van der Waals surface area contributed by atoms with E-state index in [0.717, 1.165) is 139 Å². The molecule has 0 radical (unpaired) electrons. The molecule has 47 heavy (non-hydrogen) atoms. The normalized spacial score (nSPS) is 22.3. The van der Waals surface area contributed by atoms with Crippen LogP contribution in [0.1, 0.15) is 88.0 Å². The summed E-state index contributed by atoms with van der Waals surface area (Å²) in [6.07, 6.45) is 14.4. The fourth-order valence-corrected chi connectivity index (χ4v) is 7.15. The van der Waals surface area contributed by atoms with Crippen molar-refractivity contribution in [1.82, 2.24) is 19.6 Å². The molecule has 0 amide bonds. The van der Waals surface area contributed by atoms with E-state index in [1.165, 1.54) is 16.7 Å². The van der Waals surface area contributed by atoms with Crippen molar-refractivity contribution in [3.8, 4) is 11.5 Å². The first-order valence-corrected chi connectivity index (χ1v) is 18.1. The van der Waals surface area contributed by atoms with Gasteiger partial charge in [0.25, 0.3) is 0 Å². The van der Waals surface area contributed by atoms with E-state index in [2.05, 4.69) is 73.5 Å². The maximum absolute atomic E-state index is 11.9. The summed E-state index contributed by atoms with van der Waals surface area (Å²) in [5.41, 5.74) is 7.74. The van der Waals surface area contributed by atoms with Crippen molar-refractivity contribution in [3.05, 3.63) is 57.2 Å². The maximum Gasteiger partial charge on any atom is 0.127 e. The molecule has 3 heterocycles. The van der Waals surface area contributed by atoms with Crippen LogP contribution in [-0.2, 0) is 19.5 Å². The van der Waals surface area contributed by atoms with E-state index in [0.29, 0.717) is 11.3 Å². The molecule has 2 fully saturated rings. The van der Waals surface area contributed by atoms with E-state index in [-0.39, 0.29) is 18.8 Å². The van der Waals surface area contributed by atoms with Crippen LogP contribution in [-0.4, -0.2) is 120 Å². The zero-order valence-electron chi connectivity index (χ0n) is 30.4. The molecule has 0 aromatic heterocycles. The van der Waals surface area contributed by atoms with Crippen LogP contribution in [0.15, 0.2) is 34.9 Å². The number of ether oxygens (including phenoxy) is 1. The lowest BCUT2D eigenvalue weighted by atomic mass is 9.84. The zero-order valence-corrected chi connectivity index (χ0v) is 30.4. The first-order valence-electron chi connectivity index (χ1n) is 18.1. The SMILES string of the molecule is C/C(=C\CC/C(C)=C/CC[C@]1(C)CCc2c(CN3CCN(C)CC3)c(O)c(CN3CCN(C)CC3)c(C)c2O1)CCC=C(CO)CO. The van der Waals surface area contributed by atoms with Gasteiger partial charge in [0.05, 0.1) is 13.2 Å². The van der Waals surface area contributed by atoms with Gasteiger partial charge < -0.3 is 29.9 Å². The number of piperazine rings is 2. The first kappa shape index (κ1) is 37.6. The Morgan fingerprint density at radius 3 is 1.83 bits per heavy atom. The molecule has 1 atom stereocenters. The number of phenolic OH excluding ortho intramolecular Hbond substituents is 1. The second kappa shape index (κ2) is 18.0. The number of rotatable bonds is 15. The number of nitrogens with zero attached hydrogens (tertiary/aromatic N) is 4. The highest BCUT2D eigenvalue weighted by Gasteiger charge is 2.36. The number of allylic oxidation sites excluding steroid dienone is 5. The van der Waals surface area contributed by atoms with E-state index in [4.69, 9.17) is 4.74 Å². The third-order valence-corrected chi connectivity index (χ3v) is 10.8. The van der Waals surface area contributed by atoms with Gasteiger partial charge in [-0.3, -0.25) is 9.80 Å². The third-order valence-electron chi connectivity index (χ3n) is 10.8. The Hall–Kier alpha value is -2.20. The van der Waals surface area contributed by atoms with E-state index < -0.39 is 0 Å². The van der Waals surface area contributed by atoms with Crippen LogP contribution >= 0.6 is 0 Å². The van der Waals surface area contributed by atoms with Gasteiger partial charge in [-0.15, -0.1) is 0 Å². The highest BCUT2D eigenvalue weighted by Crippen LogP contribution is 2.46. The Morgan fingerprint density at radius 2 is 1.28 bits per heavy atom. The van der Waals surface area contributed by atoms with Crippen molar-refractivity contribution in [3.63, 3.8) is 0 Å². The van der Waals surface area contributed by atoms with Crippen molar-refractivity contribution in [2.75, 3.05) is 79.7 Å². The molecule has 8 nitrogen and oxygen atoms in total. The average molecular weight is 653 g/mol. The summed E-state index contributed by atoms with van der Waals surface area (Å²) in [4.78, 5) is 9.76. The van der Waals surface area contributed by atoms with Gasteiger partial charge >= 0.3 is 0 Å². The predicted octanol–water partition coefficient (Wildman–Crippen LogP) is 5.42. The number of aliphatic hydroxyl groups excluding tert-OH is 2. The number of phenols is 1. The Morgan fingerprint density at radius 1 is 0.766 bits per heavy atom. The summed E-state index contributed by atoms with van der Waals surface area (Å²) < 4.78 is 7.02. The molecule has 0 unspecified atom stereocenters. The Labute approximate surface area is 285 Å². The molecule has 0 bridgehead atoms. The number of hydrogen-bond donors (Lipinski definition) is 3. The number of hydrogen-bond acceptors (Lipinski definition) is 8. The van der Waals surface area contributed by atoms with Crippen LogP contribution in [0.2, 0.25) is 0 Å². The Bertz CT molecular complexity index is 1250. The molecular weight excluding hydrogens is 588 g/mol. The molecule has 3 aliphatic heterocycles. The average Bonchev–Trinajstić information content (AvgIpc) is 3.05. The minimum atomic E-state index is -0.228. The Kier molecular flexibility index (Phi) is 14.4. The molecule has 3 N–H and O–H groups in total. The van der Waals surface area contributed by atoms with Gasteiger partial charge in [-0.05, 0) is 104 Å². The van der Waals surface area contributed by atoms with E-state index >= 15 is 0 Å². The minimum Gasteiger partial charge on any atom is -0.507 e. The maximum atomic E-state index is 11.9. The van der Waals surface area contributed by atoms with E-state index in [9.17, 15) is 15.3 Å². The second-order valence-electron chi connectivity index (χ2n) is 14.8. The van der Waals surface area contributed by atoms with Gasteiger partial charge in [-0.2, -0.15) is 0 Å². The molecule has 3 aliphatic rings. The molecule has 0 spiro atoms. The van der Waals surface area contributed by atoms with Gasteiger partial charge in [0.2, 0.25) is 0 Å². The molecule has 264 valence electrons. The molecule has 8 heteroatoms. The molecule has 2 saturated heterocycles. The van der Waals surface area contributed by atoms with Crippen LogP contribution in [0.4, 0.5) is 0 Å². The number of likely N-dealkylation sites (N-methyl/N-ethyl adjacent to an activating group) is 2. The molecule has 4 rings (SSSR count). The van der Waals surface area contributed by atoms with Crippen LogP contribution < -0.4 is 4.74 Å². The fourth-order valence-electron chi connectivity index (χ4n) is 7.15. The summed E-state index contributed by atoms with van der Waals surface area (Å²) >= 11 is 0. The fraction of sp³-hybridized carbons (Fsp3) is 0.692. The van der Waals surface area contributed by atoms with Crippen LogP contribution in [0.5, 0.6) is 11.5 Å². The van der Waals surface area contributed by atoms with Crippen molar-refractivity contribution in [2.24, 2.45) is 0 Å². The number of aliphatic hydroxyl groups is 2. The minimum absolute atomic E-state index is 0.0705. The lowest BCUT2D eigenvalue weighted by Crippen LogP contribution is -2.44. The van der Waals surface area contributed by atoms with E-state index in [1.807, 2.05) is 6.08 Å². The topological polar surface area (TPSA) is 82.9 Å². The van der Waals surface area contributed by atoms with E-state index in [1.54, 1.807) is 0 Å². The monoisotopic (exact) mass is 652 g/mol. The number of fused-ring (bicyclic) bond motifs is 1. The summed E-state index contributed by atoms with van der Waals surface area (Å²) in [7, 11) is 4.38. The standard InChI is InChI=1S/C39H64N4O4/c1-30(12-8-14-33(28-44)29-45)10-7-11-31(2)13-9-16-39(4)17-15-34-36(27-43-24-20-41(6)21-25-43)37(46)35(32(3)38(34)47-39)26-42-22-18-40(5)19-23-42/h10,13-14,44-46H,7-9,11-12,15-29H2,1-6H3/b30-10+,31-13+/t39-/m1/s1. The summed E-state index contributed by atoms with van der Waals surface area (Å²) in [6.45, 7) is 18.6. The van der Waals surface area contributed by atoms with Gasteiger partial charge in [0, 0.05) is 82.1 Å². The Balaban J connectivity index is 1.42. The first-order chi connectivity index (χ1) is 22.5. The number of aromatic hydroxyl groups is 1. The quantitative estimate of drug-likeness (QED) is 0.217. The third kappa shape index (κ3) is 10.9. The molecule has 1 aromatic rings. The molecule has 0 aliphatic carbocycles. The van der Waals surface area contributed by atoms with Gasteiger partial charge in [0.1, 0.15) is 17.1 Å². The summed E-state index contributed by atoms with van der Waals surface area (Å²) in [5.74, 6) is 1.54. The van der Waals surface area contributed by atoms with Gasteiger partial charge in [-0.25, -0.2) is 0 Å². The van der Waals surface area contributed by atoms with Crippen LogP contribution in [0.25, 0.3) is 0 Å². The van der Waals surface area contributed by atoms with Crippen molar-refractivity contribution >= 4 is 0 Å². The second-order valence-corrected chi connectivity index (χ2v) is 14.8. The zero-order chi connectivity index (χ0) is 34.0. The highest BCUT2D eigenvalue weighted by atomic mass is 16.5. The lowest BCUT2D eigenvalue weighted by Gasteiger charge is -2.40. The van der Waals surface area contributed by atoms with Crippen molar-refractivity contribution < 1.29 is 20.1 Å². The van der Waals surface area contributed by atoms with Crippen molar-refractivity contribution in [2.45, 2.75) is 97.8 Å². The molecular formula is C39H64N4O4. The van der Waals surface area contributed by atoms with Gasteiger partial charge in [0.15, 0.2) is 0 Å². The predicted molar refractivity (Wildman–Crippen MR) is 193 cm³/mol. The lowest BCUT2D eigenvalue weighted by molar-refractivity contribution is 0.0549. The van der Waals surface area contributed by atoms with Crippen LogP contribution in [0.3, 0.4) is 0 Å². The smallest absolute Gasteiger partial charge is 0.127 e. The summed E-state index contributed by atoms with van der Waals surface area (Å²) in [6, 6.07) is 0. The summed E-state index contributed by atoms with van der Waals surface area (Å²) in [5, 5.41) is 30.3. The molecule has 1 aromatic carbocycles. The highest BCUT2D eigenvalue weighted by molar-refractivity contribution is 5.59. The van der Waals surface area contributed by atoms with Crippen molar-refractivity contribution in [1.29, 1.82) is 0 Å². The molecule has 0 saturated carbocycles.